The lowest BCUT2D eigenvalue weighted by molar-refractivity contribution is -0.152. The fourth-order valence-electron chi connectivity index (χ4n) is 1.28. The van der Waals surface area contributed by atoms with Gasteiger partial charge in [0.1, 0.15) is 5.75 Å². The molecule has 0 aromatic heterocycles. The molecular weight excluding hydrogens is 212 g/mol. The largest absolute Gasteiger partial charge is 0.478 e. The Labute approximate surface area is 92.5 Å². The molecule has 0 saturated carbocycles. The number of carboxylic acid groups (broad SMARTS) is 1. The molecule has 1 aromatic carbocycles. The van der Waals surface area contributed by atoms with Crippen LogP contribution < -0.4 is 14.2 Å². The molecule has 5 heteroatoms. The van der Waals surface area contributed by atoms with Gasteiger partial charge in [-0.2, -0.15) is 0 Å². The van der Waals surface area contributed by atoms with Crippen LogP contribution in [-0.4, -0.2) is 23.5 Å². The van der Waals surface area contributed by atoms with E-state index in [1.807, 2.05) is 0 Å². The lowest BCUT2D eigenvalue weighted by atomic mass is 10.1. The fourth-order valence-corrected chi connectivity index (χ4v) is 1.28. The minimum Gasteiger partial charge on any atom is -0.478 e. The number of rotatable bonds is 3. The standard InChI is InChI=1S/C11H12O5/c1-11(2,10(12)13)16-7-3-4-8-9(5-7)15-6-14-8/h3-5H,6H2,1-2H3,(H,12,13). The van der Waals surface area contributed by atoms with E-state index >= 15 is 0 Å². The van der Waals surface area contributed by atoms with Crippen molar-refractivity contribution in [3.63, 3.8) is 0 Å². The van der Waals surface area contributed by atoms with E-state index in [-0.39, 0.29) is 6.79 Å². The minimum atomic E-state index is -1.27. The van der Waals surface area contributed by atoms with E-state index in [1.54, 1.807) is 18.2 Å². The molecule has 0 amide bonds. The van der Waals surface area contributed by atoms with Crippen molar-refractivity contribution < 1.29 is 24.1 Å². The van der Waals surface area contributed by atoms with Gasteiger partial charge in [-0.05, 0) is 26.0 Å². The van der Waals surface area contributed by atoms with Crippen molar-refractivity contribution in [3.05, 3.63) is 18.2 Å². The maximum Gasteiger partial charge on any atom is 0.347 e. The Kier molecular flexibility index (Phi) is 2.38. The first kappa shape index (κ1) is 10.6. The summed E-state index contributed by atoms with van der Waals surface area (Å²) in [5.41, 5.74) is -1.27. The molecular formula is C11H12O5. The van der Waals surface area contributed by atoms with Gasteiger partial charge in [0, 0.05) is 6.07 Å². The Morgan fingerprint density at radius 2 is 2.06 bits per heavy atom. The van der Waals surface area contributed by atoms with Crippen molar-refractivity contribution >= 4 is 5.97 Å². The molecule has 0 fully saturated rings. The molecule has 1 aromatic rings. The van der Waals surface area contributed by atoms with Crippen LogP contribution in [0, 0.1) is 0 Å². The maximum atomic E-state index is 10.9. The molecule has 1 aliphatic rings. The number of aliphatic carboxylic acids is 1. The zero-order valence-corrected chi connectivity index (χ0v) is 9.02. The number of carbonyl (C=O) groups is 1. The summed E-state index contributed by atoms with van der Waals surface area (Å²) in [6.07, 6.45) is 0. The van der Waals surface area contributed by atoms with Crippen LogP contribution >= 0.6 is 0 Å². The first-order valence-corrected chi connectivity index (χ1v) is 4.81. The first-order chi connectivity index (χ1) is 7.49. The zero-order chi connectivity index (χ0) is 11.8. The van der Waals surface area contributed by atoms with Crippen LogP contribution in [0.4, 0.5) is 0 Å². The predicted molar refractivity (Wildman–Crippen MR) is 54.9 cm³/mol. The van der Waals surface area contributed by atoms with Gasteiger partial charge in [-0.3, -0.25) is 0 Å². The number of ether oxygens (including phenoxy) is 3. The van der Waals surface area contributed by atoms with E-state index in [4.69, 9.17) is 19.3 Å². The highest BCUT2D eigenvalue weighted by molar-refractivity contribution is 5.76. The molecule has 0 unspecified atom stereocenters. The highest BCUT2D eigenvalue weighted by Gasteiger charge is 2.30. The average Bonchev–Trinajstić information content (AvgIpc) is 2.63. The SMILES string of the molecule is CC(C)(Oc1ccc2c(c1)OCO2)C(=O)O. The quantitative estimate of drug-likeness (QED) is 0.845. The van der Waals surface area contributed by atoms with E-state index in [1.165, 1.54) is 13.8 Å². The Hall–Kier alpha value is -1.91. The van der Waals surface area contributed by atoms with Crippen LogP contribution in [0.25, 0.3) is 0 Å². The van der Waals surface area contributed by atoms with Gasteiger partial charge in [0.2, 0.25) is 6.79 Å². The van der Waals surface area contributed by atoms with E-state index < -0.39 is 11.6 Å². The van der Waals surface area contributed by atoms with E-state index in [9.17, 15) is 4.79 Å². The molecule has 0 atom stereocenters. The van der Waals surface area contributed by atoms with Crippen LogP contribution in [-0.2, 0) is 4.79 Å². The monoisotopic (exact) mass is 224 g/mol. The summed E-state index contributed by atoms with van der Waals surface area (Å²) in [4.78, 5) is 10.9. The third-order valence-electron chi connectivity index (χ3n) is 2.23. The number of hydrogen-bond donors (Lipinski definition) is 1. The average molecular weight is 224 g/mol. The maximum absolute atomic E-state index is 10.9. The number of benzene rings is 1. The van der Waals surface area contributed by atoms with Crippen molar-refractivity contribution in [1.29, 1.82) is 0 Å². The van der Waals surface area contributed by atoms with E-state index in [2.05, 4.69) is 0 Å². The van der Waals surface area contributed by atoms with Crippen molar-refractivity contribution in [3.8, 4) is 17.2 Å². The predicted octanol–water partition coefficient (Wildman–Crippen LogP) is 1.66. The molecule has 0 spiro atoms. The molecule has 86 valence electrons. The normalized spacial score (nSPS) is 13.6. The summed E-state index contributed by atoms with van der Waals surface area (Å²) >= 11 is 0. The Balaban J connectivity index is 2.20. The Morgan fingerprint density at radius 1 is 1.38 bits per heavy atom. The molecule has 1 N–H and O–H groups in total. The molecule has 0 saturated heterocycles. The summed E-state index contributed by atoms with van der Waals surface area (Å²) < 4.78 is 15.7. The second kappa shape index (κ2) is 3.59. The first-order valence-electron chi connectivity index (χ1n) is 4.81. The zero-order valence-electron chi connectivity index (χ0n) is 9.02. The van der Waals surface area contributed by atoms with Crippen molar-refractivity contribution in [2.45, 2.75) is 19.4 Å². The van der Waals surface area contributed by atoms with Crippen molar-refractivity contribution in [2.24, 2.45) is 0 Å². The van der Waals surface area contributed by atoms with Crippen LogP contribution in [0.15, 0.2) is 18.2 Å². The number of hydrogen-bond acceptors (Lipinski definition) is 4. The fraction of sp³-hybridized carbons (Fsp3) is 0.364. The molecule has 0 radical (unpaired) electrons. The van der Waals surface area contributed by atoms with Crippen LogP contribution in [0.1, 0.15) is 13.8 Å². The van der Waals surface area contributed by atoms with Crippen LogP contribution in [0.5, 0.6) is 17.2 Å². The Bertz CT molecular complexity index is 424. The van der Waals surface area contributed by atoms with Gasteiger partial charge >= 0.3 is 5.97 Å². The Morgan fingerprint density at radius 3 is 2.75 bits per heavy atom. The highest BCUT2D eigenvalue weighted by atomic mass is 16.7. The molecule has 1 aliphatic heterocycles. The highest BCUT2D eigenvalue weighted by Crippen LogP contribution is 2.36. The topological polar surface area (TPSA) is 65.0 Å². The summed E-state index contributed by atoms with van der Waals surface area (Å²) in [5.74, 6) is 0.626. The minimum absolute atomic E-state index is 0.182. The van der Waals surface area contributed by atoms with E-state index in [0.717, 1.165) is 0 Å². The summed E-state index contributed by atoms with van der Waals surface area (Å²) in [5, 5.41) is 8.92. The summed E-state index contributed by atoms with van der Waals surface area (Å²) in [6, 6.07) is 4.96. The van der Waals surface area contributed by atoms with Crippen LogP contribution in [0.3, 0.4) is 0 Å². The number of carboxylic acids is 1. The van der Waals surface area contributed by atoms with Gasteiger partial charge in [0.05, 0.1) is 0 Å². The summed E-state index contributed by atoms with van der Waals surface area (Å²) in [7, 11) is 0. The van der Waals surface area contributed by atoms with Crippen LogP contribution in [0.2, 0.25) is 0 Å². The molecule has 5 nitrogen and oxygen atoms in total. The smallest absolute Gasteiger partial charge is 0.347 e. The molecule has 2 rings (SSSR count). The van der Waals surface area contributed by atoms with Gasteiger partial charge in [0.15, 0.2) is 17.1 Å². The molecule has 0 bridgehead atoms. The van der Waals surface area contributed by atoms with Crippen molar-refractivity contribution in [2.75, 3.05) is 6.79 Å². The van der Waals surface area contributed by atoms with Gasteiger partial charge < -0.3 is 19.3 Å². The second-order valence-corrected chi connectivity index (χ2v) is 3.93. The van der Waals surface area contributed by atoms with E-state index in [0.29, 0.717) is 17.2 Å². The van der Waals surface area contributed by atoms with Gasteiger partial charge in [-0.15, -0.1) is 0 Å². The van der Waals surface area contributed by atoms with Gasteiger partial charge in [0.25, 0.3) is 0 Å². The lowest BCUT2D eigenvalue weighted by Crippen LogP contribution is -2.37. The second-order valence-electron chi connectivity index (χ2n) is 3.93. The van der Waals surface area contributed by atoms with Crippen molar-refractivity contribution in [1.82, 2.24) is 0 Å². The molecule has 0 aliphatic carbocycles. The van der Waals surface area contributed by atoms with Gasteiger partial charge in [-0.1, -0.05) is 0 Å². The number of fused-ring (bicyclic) bond motifs is 1. The third kappa shape index (κ3) is 1.88. The third-order valence-corrected chi connectivity index (χ3v) is 2.23. The molecule has 1 heterocycles. The molecule has 16 heavy (non-hydrogen) atoms. The van der Waals surface area contributed by atoms with Gasteiger partial charge in [-0.25, -0.2) is 4.79 Å². The summed E-state index contributed by atoms with van der Waals surface area (Å²) in [6.45, 7) is 3.15. The lowest BCUT2D eigenvalue weighted by Gasteiger charge is -2.21.